The van der Waals surface area contributed by atoms with Crippen LogP contribution in [0.1, 0.15) is 19.8 Å². The lowest BCUT2D eigenvalue weighted by molar-refractivity contribution is -0.118. The molecule has 10 nitrogen and oxygen atoms in total. The molecule has 1 aromatic carbocycles. The van der Waals surface area contributed by atoms with Crippen molar-refractivity contribution in [2.24, 2.45) is 0 Å². The molecular weight excluding hydrogens is 514 g/mol. The minimum atomic E-state index is -0.148. The smallest absolute Gasteiger partial charge is 0.322 e. The third-order valence-corrected chi connectivity index (χ3v) is 7.54. The van der Waals surface area contributed by atoms with Crippen molar-refractivity contribution in [3.05, 3.63) is 35.5 Å². The minimum Gasteiger partial charge on any atom is -0.497 e. The van der Waals surface area contributed by atoms with Gasteiger partial charge in [0.2, 0.25) is 5.91 Å². The quantitative estimate of drug-likeness (QED) is 0.280. The molecule has 2 aromatic rings. The van der Waals surface area contributed by atoms with Crippen molar-refractivity contribution in [2.45, 2.75) is 31.0 Å². The Bertz CT molecular complexity index is 1070. The zero-order valence-corrected chi connectivity index (χ0v) is 22.9. The van der Waals surface area contributed by atoms with Crippen molar-refractivity contribution in [2.75, 3.05) is 68.9 Å². The van der Waals surface area contributed by atoms with E-state index in [0.717, 1.165) is 25.4 Å². The number of rotatable bonds is 9. The number of urea groups is 1. The lowest BCUT2D eigenvalue weighted by atomic mass is 10.2. The summed E-state index contributed by atoms with van der Waals surface area (Å²) in [4.78, 5) is 40.3. The van der Waals surface area contributed by atoms with Crippen molar-refractivity contribution >= 4 is 46.8 Å². The van der Waals surface area contributed by atoms with Crippen molar-refractivity contribution in [3.8, 4) is 5.75 Å². The van der Waals surface area contributed by atoms with Crippen LogP contribution in [0.4, 0.5) is 16.3 Å². The van der Waals surface area contributed by atoms with Gasteiger partial charge in [-0.1, -0.05) is 23.4 Å². The number of likely N-dealkylation sites (tertiary alicyclic amines) is 1. The van der Waals surface area contributed by atoms with Crippen LogP contribution in [0.5, 0.6) is 5.75 Å². The fourth-order valence-electron chi connectivity index (χ4n) is 4.49. The molecule has 1 atom stereocenters. The van der Waals surface area contributed by atoms with Crippen LogP contribution < -0.4 is 20.3 Å². The van der Waals surface area contributed by atoms with Crippen LogP contribution in [0.25, 0.3) is 0 Å². The number of carbonyl (C=O) groups excluding carboxylic acids is 2. The summed E-state index contributed by atoms with van der Waals surface area (Å²) in [7, 11) is 1.61. The van der Waals surface area contributed by atoms with Gasteiger partial charge in [0.25, 0.3) is 0 Å². The van der Waals surface area contributed by atoms with Crippen LogP contribution in [0.2, 0.25) is 5.15 Å². The zero-order chi connectivity index (χ0) is 26.2. The summed E-state index contributed by atoms with van der Waals surface area (Å²) in [6.45, 7) is 7.51. The third-order valence-electron chi connectivity index (χ3n) is 6.50. The number of anilines is 2. The van der Waals surface area contributed by atoms with E-state index in [4.69, 9.17) is 16.3 Å². The van der Waals surface area contributed by atoms with E-state index in [1.165, 1.54) is 24.6 Å². The predicted molar refractivity (Wildman–Crippen MR) is 147 cm³/mol. The number of halogens is 1. The highest BCUT2D eigenvalue weighted by atomic mass is 35.5. The van der Waals surface area contributed by atoms with Crippen LogP contribution in [0, 0.1) is 0 Å². The van der Waals surface area contributed by atoms with Gasteiger partial charge in [0.1, 0.15) is 16.7 Å². The van der Waals surface area contributed by atoms with Gasteiger partial charge in [0.15, 0.2) is 5.16 Å². The van der Waals surface area contributed by atoms with Gasteiger partial charge in [-0.3, -0.25) is 4.79 Å². The SMILES string of the molecule is COc1ccc(NC(=O)N2CCN(c3cc(Cl)nc(SCC(=O)NCCN4CCCC4)n3)CC2C)cc1. The molecule has 3 heterocycles. The van der Waals surface area contributed by atoms with Crippen LogP contribution in [-0.2, 0) is 4.79 Å². The molecule has 0 bridgehead atoms. The highest BCUT2D eigenvalue weighted by molar-refractivity contribution is 7.99. The summed E-state index contributed by atoms with van der Waals surface area (Å²) in [6, 6.07) is 8.78. The molecule has 2 fully saturated rings. The van der Waals surface area contributed by atoms with E-state index in [9.17, 15) is 9.59 Å². The standard InChI is InChI=1S/C25H34ClN7O3S/c1-18-16-32(13-14-33(18)25(35)28-19-5-7-20(36-2)8-6-19)22-15-21(26)29-24(30-22)37-17-23(34)27-9-12-31-10-3-4-11-31/h5-8,15,18H,3-4,9-14,16-17H2,1-2H3,(H,27,34)(H,28,35). The van der Waals surface area contributed by atoms with E-state index in [1.807, 2.05) is 36.1 Å². The summed E-state index contributed by atoms with van der Waals surface area (Å²) in [6.07, 6.45) is 2.48. The number of methoxy groups -OCH3 is 1. The van der Waals surface area contributed by atoms with Crippen molar-refractivity contribution in [1.82, 2.24) is 25.1 Å². The highest BCUT2D eigenvalue weighted by Gasteiger charge is 2.28. The summed E-state index contributed by atoms with van der Waals surface area (Å²) >= 11 is 7.56. The Kier molecular flexibility index (Phi) is 9.70. The normalized spacial score (nSPS) is 18.1. The van der Waals surface area contributed by atoms with Gasteiger partial charge < -0.3 is 30.1 Å². The molecule has 1 aromatic heterocycles. The van der Waals surface area contributed by atoms with Crippen molar-refractivity contribution < 1.29 is 14.3 Å². The van der Waals surface area contributed by atoms with E-state index in [2.05, 4.69) is 30.4 Å². The third kappa shape index (κ3) is 7.86. The summed E-state index contributed by atoms with van der Waals surface area (Å²) in [5.41, 5.74) is 0.713. The largest absolute Gasteiger partial charge is 0.497 e. The number of carbonyl (C=O) groups is 2. The molecule has 3 amide bonds. The van der Waals surface area contributed by atoms with E-state index < -0.39 is 0 Å². The van der Waals surface area contributed by atoms with Crippen molar-refractivity contribution in [3.63, 3.8) is 0 Å². The molecule has 4 rings (SSSR count). The van der Waals surface area contributed by atoms with Crippen LogP contribution in [-0.4, -0.2) is 96.4 Å². The number of ether oxygens (including phenoxy) is 1. The number of hydrogen-bond acceptors (Lipinski definition) is 8. The maximum Gasteiger partial charge on any atom is 0.322 e. The highest BCUT2D eigenvalue weighted by Crippen LogP contribution is 2.24. The van der Waals surface area contributed by atoms with Gasteiger partial charge in [-0.25, -0.2) is 14.8 Å². The second kappa shape index (κ2) is 13.2. The van der Waals surface area contributed by atoms with E-state index in [1.54, 1.807) is 13.2 Å². The van der Waals surface area contributed by atoms with Gasteiger partial charge in [0, 0.05) is 50.5 Å². The predicted octanol–water partition coefficient (Wildman–Crippen LogP) is 3.19. The van der Waals surface area contributed by atoms with E-state index in [-0.39, 0.29) is 23.7 Å². The second-order valence-corrected chi connectivity index (χ2v) is 10.5. The molecule has 2 saturated heterocycles. The molecule has 200 valence electrons. The van der Waals surface area contributed by atoms with Gasteiger partial charge in [-0.05, 0) is 57.1 Å². The Balaban J connectivity index is 1.27. The Morgan fingerprint density at radius 1 is 1.14 bits per heavy atom. The number of nitrogens with one attached hydrogen (secondary N) is 2. The Hall–Kier alpha value is -2.76. The van der Waals surface area contributed by atoms with E-state index in [0.29, 0.717) is 48.0 Å². The Labute approximate surface area is 227 Å². The molecule has 2 N–H and O–H groups in total. The summed E-state index contributed by atoms with van der Waals surface area (Å²) in [5, 5.41) is 6.70. The first-order chi connectivity index (χ1) is 17.9. The molecule has 1 unspecified atom stereocenters. The number of aromatic nitrogens is 2. The van der Waals surface area contributed by atoms with Gasteiger partial charge in [0.05, 0.1) is 12.9 Å². The van der Waals surface area contributed by atoms with Crippen LogP contribution >= 0.6 is 23.4 Å². The molecule has 2 aliphatic heterocycles. The first-order valence-corrected chi connectivity index (χ1v) is 13.9. The molecular formula is C25H34ClN7O3S. The topological polar surface area (TPSA) is 103 Å². The monoisotopic (exact) mass is 547 g/mol. The first kappa shape index (κ1) is 27.3. The average molecular weight is 548 g/mol. The molecule has 37 heavy (non-hydrogen) atoms. The number of amides is 3. The number of thioether (sulfide) groups is 1. The number of benzene rings is 1. The second-order valence-electron chi connectivity index (χ2n) is 9.17. The van der Waals surface area contributed by atoms with E-state index >= 15 is 0 Å². The number of piperazine rings is 1. The van der Waals surface area contributed by atoms with Gasteiger partial charge >= 0.3 is 6.03 Å². The first-order valence-electron chi connectivity index (χ1n) is 12.5. The lowest BCUT2D eigenvalue weighted by Crippen LogP contribution is -2.55. The summed E-state index contributed by atoms with van der Waals surface area (Å²) < 4.78 is 5.17. The number of hydrogen-bond donors (Lipinski definition) is 2. The molecule has 12 heteroatoms. The molecule has 0 aliphatic carbocycles. The van der Waals surface area contributed by atoms with Crippen LogP contribution in [0.15, 0.2) is 35.5 Å². The Morgan fingerprint density at radius 2 is 1.89 bits per heavy atom. The fourth-order valence-corrected chi connectivity index (χ4v) is 5.40. The van der Waals surface area contributed by atoms with Gasteiger partial charge in [-0.15, -0.1) is 0 Å². The Morgan fingerprint density at radius 3 is 2.59 bits per heavy atom. The maximum atomic E-state index is 12.9. The number of nitrogens with zero attached hydrogens (tertiary/aromatic N) is 5. The zero-order valence-electron chi connectivity index (χ0n) is 21.3. The van der Waals surface area contributed by atoms with Crippen molar-refractivity contribution in [1.29, 1.82) is 0 Å². The van der Waals surface area contributed by atoms with Crippen LogP contribution in [0.3, 0.4) is 0 Å². The fraction of sp³-hybridized carbons (Fsp3) is 0.520. The molecule has 2 aliphatic rings. The molecule has 0 radical (unpaired) electrons. The lowest BCUT2D eigenvalue weighted by Gasteiger charge is -2.40. The summed E-state index contributed by atoms with van der Waals surface area (Å²) in [5.74, 6) is 1.62. The van der Waals surface area contributed by atoms with Gasteiger partial charge in [-0.2, -0.15) is 0 Å². The molecule has 0 saturated carbocycles. The maximum absolute atomic E-state index is 12.9. The minimum absolute atomic E-state index is 0.0422. The average Bonchev–Trinajstić information content (AvgIpc) is 3.41. The molecule has 0 spiro atoms.